The fourth-order valence-corrected chi connectivity index (χ4v) is 3.17. The zero-order chi connectivity index (χ0) is 22.0. The molecule has 0 aliphatic carbocycles. The van der Waals surface area contributed by atoms with E-state index >= 15 is 0 Å². The summed E-state index contributed by atoms with van der Waals surface area (Å²) in [5.41, 5.74) is 4.07. The maximum absolute atomic E-state index is 12.2. The minimum Gasteiger partial charge on any atom is -0.372 e. The largest absolute Gasteiger partial charge is 0.372 e. The van der Waals surface area contributed by atoms with Gasteiger partial charge in [-0.25, -0.2) is 0 Å². The number of amides is 1. The van der Waals surface area contributed by atoms with E-state index in [0.29, 0.717) is 37.9 Å². The van der Waals surface area contributed by atoms with Crippen LogP contribution in [0.25, 0.3) is 11.4 Å². The molecule has 2 heterocycles. The Morgan fingerprint density at radius 1 is 0.906 bits per heavy atom. The molecule has 4 aromatic rings. The molecule has 162 valence electrons. The number of nitrogens with one attached hydrogen (secondary N) is 1. The first-order chi connectivity index (χ1) is 15.8. The van der Waals surface area contributed by atoms with Crippen LogP contribution < -0.4 is 5.32 Å². The zero-order valence-corrected chi connectivity index (χ0v) is 17.6. The van der Waals surface area contributed by atoms with Crippen LogP contribution in [0.3, 0.4) is 0 Å². The summed E-state index contributed by atoms with van der Waals surface area (Å²) in [6.45, 7) is 1.55. The van der Waals surface area contributed by atoms with Gasteiger partial charge in [0.25, 0.3) is 0 Å². The number of ether oxygens (including phenoxy) is 1. The summed E-state index contributed by atoms with van der Waals surface area (Å²) >= 11 is 0. The van der Waals surface area contributed by atoms with Gasteiger partial charge in [0.2, 0.25) is 17.6 Å². The van der Waals surface area contributed by atoms with Crippen molar-refractivity contribution < 1.29 is 14.1 Å². The van der Waals surface area contributed by atoms with E-state index in [1.807, 2.05) is 66.7 Å². The third-order valence-corrected chi connectivity index (χ3v) is 4.83. The molecule has 0 radical (unpaired) electrons. The lowest BCUT2D eigenvalue weighted by molar-refractivity contribution is -0.121. The molecule has 2 aromatic carbocycles. The van der Waals surface area contributed by atoms with Gasteiger partial charge in [-0.1, -0.05) is 59.8 Å². The molecule has 0 spiro atoms. The third-order valence-electron chi connectivity index (χ3n) is 4.83. The number of aryl methyl sites for hydroxylation is 1. The van der Waals surface area contributed by atoms with Crippen LogP contribution in [0.5, 0.6) is 0 Å². The predicted molar refractivity (Wildman–Crippen MR) is 119 cm³/mol. The fourth-order valence-electron chi connectivity index (χ4n) is 3.17. The van der Waals surface area contributed by atoms with Crippen LogP contribution in [0.1, 0.15) is 29.0 Å². The summed E-state index contributed by atoms with van der Waals surface area (Å²) in [6, 6.07) is 21.7. The summed E-state index contributed by atoms with van der Waals surface area (Å²) in [5.74, 6) is 0.859. The van der Waals surface area contributed by atoms with Gasteiger partial charge in [-0.3, -0.25) is 9.78 Å². The van der Waals surface area contributed by atoms with E-state index in [0.717, 1.165) is 22.3 Å². The number of aromatic nitrogens is 3. The Labute approximate surface area is 186 Å². The van der Waals surface area contributed by atoms with Gasteiger partial charge in [-0.2, -0.15) is 4.98 Å². The van der Waals surface area contributed by atoms with Gasteiger partial charge in [0.1, 0.15) is 0 Å². The topological polar surface area (TPSA) is 90.1 Å². The number of carbonyl (C=O) groups is 1. The van der Waals surface area contributed by atoms with Crippen molar-refractivity contribution in [1.29, 1.82) is 0 Å². The minimum absolute atomic E-state index is 0.0700. The number of benzene rings is 2. The monoisotopic (exact) mass is 428 g/mol. The third kappa shape index (κ3) is 6.33. The van der Waals surface area contributed by atoms with E-state index in [1.165, 1.54) is 0 Å². The maximum atomic E-state index is 12.2. The quantitative estimate of drug-likeness (QED) is 0.409. The number of pyridine rings is 1. The van der Waals surface area contributed by atoms with Gasteiger partial charge in [0.05, 0.1) is 13.2 Å². The smallest absolute Gasteiger partial charge is 0.227 e. The summed E-state index contributed by atoms with van der Waals surface area (Å²) in [6.07, 6.45) is 4.00. The molecule has 0 unspecified atom stereocenters. The summed E-state index contributed by atoms with van der Waals surface area (Å²) < 4.78 is 11.0. The van der Waals surface area contributed by atoms with Crippen LogP contribution in [-0.2, 0) is 35.7 Å². The lowest BCUT2D eigenvalue weighted by Gasteiger charge is -2.08. The van der Waals surface area contributed by atoms with E-state index < -0.39 is 0 Å². The van der Waals surface area contributed by atoms with Gasteiger partial charge in [0.15, 0.2) is 0 Å². The van der Waals surface area contributed by atoms with Crippen molar-refractivity contribution in [2.24, 2.45) is 0 Å². The molecule has 0 saturated carbocycles. The van der Waals surface area contributed by atoms with E-state index in [-0.39, 0.29) is 12.3 Å². The highest BCUT2D eigenvalue weighted by molar-refractivity contribution is 5.76. The first kappa shape index (κ1) is 21.4. The normalized spacial score (nSPS) is 10.8. The first-order valence-corrected chi connectivity index (χ1v) is 10.5. The molecule has 2 aromatic heterocycles. The summed E-state index contributed by atoms with van der Waals surface area (Å²) in [5, 5.41) is 6.89. The van der Waals surface area contributed by atoms with E-state index in [4.69, 9.17) is 9.26 Å². The Morgan fingerprint density at radius 2 is 1.66 bits per heavy atom. The Bertz CT molecular complexity index is 1130. The van der Waals surface area contributed by atoms with Crippen LogP contribution in [0.4, 0.5) is 0 Å². The highest BCUT2D eigenvalue weighted by Crippen LogP contribution is 2.15. The molecule has 1 amide bonds. The highest BCUT2D eigenvalue weighted by Gasteiger charge is 2.10. The number of carbonyl (C=O) groups excluding carboxylic acids is 1. The molecule has 7 heteroatoms. The molecule has 4 rings (SSSR count). The second kappa shape index (κ2) is 11.0. The average Bonchev–Trinajstić information content (AvgIpc) is 3.32. The molecule has 7 nitrogen and oxygen atoms in total. The Morgan fingerprint density at radius 3 is 2.50 bits per heavy atom. The zero-order valence-electron chi connectivity index (χ0n) is 17.6. The molecule has 1 N–H and O–H groups in total. The second-order valence-corrected chi connectivity index (χ2v) is 7.32. The Balaban J connectivity index is 1.20. The first-order valence-electron chi connectivity index (χ1n) is 10.5. The van der Waals surface area contributed by atoms with Crippen molar-refractivity contribution >= 4 is 5.91 Å². The molecule has 32 heavy (non-hydrogen) atoms. The minimum atomic E-state index is -0.0700. The number of hydrogen-bond donors (Lipinski definition) is 1. The van der Waals surface area contributed by atoms with Gasteiger partial charge in [-0.15, -0.1) is 0 Å². The van der Waals surface area contributed by atoms with Crippen molar-refractivity contribution in [1.82, 2.24) is 20.4 Å². The Kier molecular flexibility index (Phi) is 7.34. The lowest BCUT2D eigenvalue weighted by Crippen LogP contribution is -2.23. The molecule has 0 bridgehead atoms. The SMILES string of the molecule is O=C(CCc1nc(-c2ccncc2)no1)NCc1cccc(COCc2ccccc2)c1. The van der Waals surface area contributed by atoms with E-state index in [2.05, 4.69) is 20.4 Å². The van der Waals surface area contributed by atoms with E-state index in [1.54, 1.807) is 12.4 Å². The van der Waals surface area contributed by atoms with E-state index in [9.17, 15) is 4.79 Å². The Hall–Kier alpha value is -3.84. The standard InChI is InChI=1S/C25H24N4O3/c30-23(9-10-24-28-25(29-32-24)22-11-13-26-14-12-22)27-16-20-7-4-8-21(15-20)18-31-17-19-5-2-1-3-6-19/h1-8,11-15H,9-10,16-18H2,(H,27,30). The van der Waals surface area contributed by atoms with Crippen molar-refractivity contribution in [3.63, 3.8) is 0 Å². The van der Waals surface area contributed by atoms with Crippen molar-refractivity contribution in [3.8, 4) is 11.4 Å². The lowest BCUT2D eigenvalue weighted by atomic mass is 10.1. The predicted octanol–water partition coefficient (Wildman–Crippen LogP) is 4.10. The average molecular weight is 428 g/mol. The van der Waals surface area contributed by atoms with Gasteiger partial charge >= 0.3 is 0 Å². The molecule has 0 saturated heterocycles. The molecular formula is C25H24N4O3. The van der Waals surface area contributed by atoms with Crippen molar-refractivity contribution in [2.75, 3.05) is 0 Å². The number of nitrogens with zero attached hydrogens (tertiary/aromatic N) is 3. The summed E-state index contributed by atoms with van der Waals surface area (Å²) in [7, 11) is 0. The highest BCUT2D eigenvalue weighted by atomic mass is 16.5. The van der Waals surface area contributed by atoms with Gasteiger partial charge < -0.3 is 14.6 Å². The number of hydrogen-bond acceptors (Lipinski definition) is 6. The molecule has 0 aliphatic rings. The van der Waals surface area contributed by atoms with Crippen molar-refractivity contribution in [2.45, 2.75) is 32.6 Å². The molecule has 0 aliphatic heterocycles. The number of rotatable bonds is 10. The second-order valence-electron chi connectivity index (χ2n) is 7.32. The molecule has 0 atom stereocenters. The van der Waals surface area contributed by atoms with Crippen LogP contribution >= 0.6 is 0 Å². The van der Waals surface area contributed by atoms with Gasteiger partial charge in [-0.05, 0) is 28.8 Å². The van der Waals surface area contributed by atoms with Crippen molar-refractivity contribution in [3.05, 3.63) is 102 Å². The van der Waals surface area contributed by atoms with Gasteiger partial charge in [0, 0.05) is 37.3 Å². The van der Waals surface area contributed by atoms with Crippen LogP contribution in [0, 0.1) is 0 Å². The molecular weight excluding hydrogens is 404 g/mol. The molecule has 0 fully saturated rings. The van der Waals surface area contributed by atoms with Crippen LogP contribution in [0.2, 0.25) is 0 Å². The fraction of sp³-hybridized carbons (Fsp3) is 0.200. The van der Waals surface area contributed by atoms with Crippen LogP contribution in [0.15, 0.2) is 83.6 Å². The van der Waals surface area contributed by atoms with Crippen LogP contribution in [-0.4, -0.2) is 21.0 Å². The maximum Gasteiger partial charge on any atom is 0.227 e. The summed E-state index contributed by atoms with van der Waals surface area (Å²) in [4.78, 5) is 20.5.